The summed E-state index contributed by atoms with van der Waals surface area (Å²) in [5.41, 5.74) is 0. The van der Waals surface area contributed by atoms with Gasteiger partial charge in [-0.05, 0) is 0 Å². The van der Waals surface area contributed by atoms with E-state index < -0.39 is 12.2 Å². The molecule has 0 aromatic rings. The minimum atomic E-state index is -0.545. The van der Waals surface area contributed by atoms with Crippen molar-refractivity contribution in [1.29, 1.82) is 5.26 Å². The molecule has 0 fully saturated rings. The first kappa shape index (κ1) is 19.5. The maximum absolute atomic E-state index is 11.2. The number of alkyl carbamates (subject to hydrolysis) is 2. The molecule has 0 saturated heterocycles. The molecule has 0 unspecified atom stereocenters. The highest BCUT2D eigenvalue weighted by atomic mass is 16.6. The van der Waals surface area contributed by atoms with E-state index in [-0.39, 0.29) is 19.8 Å². The molecular weight excluding hydrogens is 288 g/mol. The quantitative estimate of drug-likeness (QED) is 0.429. The predicted octanol–water partition coefficient (Wildman–Crippen LogP) is 0.636. The first-order chi connectivity index (χ1) is 10.6. The predicted molar refractivity (Wildman–Crippen MR) is 81.1 cm³/mol. The average Bonchev–Trinajstić information content (AvgIpc) is 2.50. The van der Waals surface area contributed by atoms with Gasteiger partial charge in [0.15, 0.2) is 0 Å². The Morgan fingerprint density at radius 3 is 1.86 bits per heavy atom. The summed E-state index contributed by atoms with van der Waals surface area (Å²) in [7, 11) is 0. The van der Waals surface area contributed by atoms with E-state index >= 15 is 0 Å². The molecule has 0 rings (SSSR count). The van der Waals surface area contributed by atoms with Crippen molar-refractivity contribution in [2.24, 2.45) is 0 Å². The van der Waals surface area contributed by atoms with Crippen LogP contribution in [0.25, 0.3) is 0 Å². The van der Waals surface area contributed by atoms with Crippen LogP contribution in [0.2, 0.25) is 0 Å². The van der Waals surface area contributed by atoms with E-state index in [2.05, 4.69) is 23.8 Å². The van der Waals surface area contributed by atoms with Crippen molar-refractivity contribution in [2.45, 2.75) is 0 Å². The van der Waals surface area contributed by atoms with Gasteiger partial charge in [0.2, 0.25) is 0 Å². The third kappa shape index (κ3) is 11.3. The Balaban J connectivity index is 3.88. The summed E-state index contributed by atoms with van der Waals surface area (Å²) in [6.07, 6.45) is 1.99. The number of hydrogen-bond acceptors (Lipinski definition) is 6. The second-order valence-corrected chi connectivity index (χ2v) is 4.05. The van der Waals surface area contributed by atoms with Gasteiger partial charge in [-0.1, -0.05) is 12.2 Å². The van der Waals surface area contributed by atoms with Crippen molar-refractivity contribution >= 4 is 12.2 Å². The molecule has 2 amide bonds. The zero-order chi connectivity index (χ0) is 16.6. The highest BCUT2D eigenvalue weighted by molar-refractivity contribution is 5.67. The molecule has 0 aromatic heterocycles. The third-order valence-corrected chi connectivity index (χ3v) is 2.36. The summed E-state index contributed by atoms with van der Waals surface area (Å²) >= 11 is 0. The molecule has 8 nitrogen and oxygen atoms in total. The second-order valence-electron chi connectivity index (χ2n) is 4.05. The normalized spacial score (nSPS) is 9.45. The number of nitrogens with zero attached hydrogens (tertiary/aromatic N) is 2. The van der Waals surface area contributed by atoms with Crippen molar-refractivity contribution in [2.75, 3.05) is 45.9 Å². The Labute approximate surface area is 130 Å². The lowest BCUT2D eigenvalue weighted by atomic mass is 10.4. The summed E-state index contributed by atoms with van der Waals surface area (Å²) in [6.45, 7) is 8.73. The lowest BCUT2D eigenvalue weighted by molar-refractivity contribution is 0.112. The summed E-state index contributed by atoms with van der Waals surface area (Å²) in [6, 6.07) is 2.00. The molecule has 22 heavy (non-hydrogen) atoms. The van der Waals surface area contributed by atoms with Crippen LogP contribution in [0.4, 0.5) is 9.59 Å². The Bertz CT molecular complexity index is 376. The largest absolute Gasteiger partial charge is 0.448 e. The smallest absolute Gasteiger partial charge is 0.407 e. The molecule has 0 heterocycles. The number of nitrogens with one attached hydrogen (secondary N) is 2. The minimum Gasteiger partial charge on any atom is -0.448 e. The number of amides is 2. The van der Waals surface area contributed by atoms with E-state index in [9.17, 15) is 9.59 Å². The number of nitriles is 1. The van der Waals surface area contributed by atoms with Crippen molar-refractivity contribution in [1.82, 2.24) is 15.5 Å². The SMILES string of the molecule is C=CCNC(=O)OCCN(CC#N)CCOC(=O)NCC=C. The summed E-state index contributed by atoms with van der Waals surface area (Å²) in [5, 5.41) is 13.7. The molecule has 0 aliphatic rings. The minimum absolute atomic E-state index is 0.132. The molecule has 0 aliphatic carbocycles. The van der Waals surface area contributed by atoms with Crippen molar-refractivity contribution in [3.63, 3.8) is 0 Å². The van der Waals surface area contributed by atoms with Gasteiger partial charge < -0.3 is 20.1 Å². The van der Waals surface area contributed by atoms with Crippen LogP contribution >= 0.6 is 0 Å². The van der Waals surface area contributed by atoms with E-state index in [1.54, 1.807) is 4.90 Å². The number of ether oxygens (including phenoxy) is 2. The van der Waals surface area contributed by atoms with Gasteiger partial charge in [0.1, 0.15) is 13.2 Å². The molecule has 0 spiro atoms. The zero-order valence-electron chi connectivity index (χ0n) is 12.5. The lowest BCUT2D eigenvalue weighted by Crippen LogP contribution is -2.35. The van der Waals surface area contributed by atoms with Gasteiger partial charge in [-0.2, -0.15) is 5.26 Å². The molecule has 0 atom stereocenters. The van der Waals surface area contributed by atoms with Gasteiger partial charge in [0, 0.05) is 26.2 Å². The Hall–Kier alpha value is -2.53. The monoisotopic (exact) mass is 310 g/mol. The average molecular weight is 310 g/mol. The molecule has 0 radical (unpaired) electrons. The van der Waals surface area contributed by atoms with Crippen molar-refractivity contribution in [3.05, 3.63) is 25.3 Å². The van der Waals surface area contributed by atoms with Crippen LogP contribution < -0.4 is 10.6 Å². The van der Waals surface area contributed by atoms with E-state index in [0.29, 0.717) is 26.2 Å². The fraction of sp³-hybridized carbons (Fsp3) is 0.500. The molecule has 0 aromatic carbocycles. The first-order valence-corrected chi connectivity index (χ1v) is 6.76. The van der Waals surface area contributed by atoms with Gasteiger partial charge >= 0.3 is 12.2 Å². The second kappa shape index (κ2) is 13.5. The van der Waals surface area contributed by atoms with Crippen molar-refractivity contribution in [3.8, 4) is 6.07 Å². The molecule has 0 saturated carbocycles. The van der Waals surface area contributed by atoms with Gasteiger partial charge in [0.05, 0.1) is 12.6 Å². The third-order valence-electron chi connectivity index (χ3n) is 2.36. The van der Waals surface area contributed by atoms with E-state index in [1.807, 2.05) is 6.07 Å². The molecule has 122 valence electrons. The van der Waals surface area contributed by atoms with Gasteiger partial charge in [-0.25, -0.2) is 9.59 Å². The Kier molecular flexibility index (Phi) is 11.9. The standard InChI is InChI=1S/C14H22N4O4/c1-3-6-16-13(19)21-11-9-18(8-5-15)10-12-22-14(20)17-7-4-2/h3-4H,1-2,6-12H2,(H,16,19)(H,17,20). The van der Waals surface area contributed by atoms with Crippen LogP contribution in [-0.2, 0) is 9.47 Å². The van der Waals surface area contributed by atoms with Crippen LogP contribution in [-0.4, -0.2) is 63.0 Å². The van der Waals surface area contributed by atoms with E-state index in [0.717, 1.165) is 0 Å². The van der Waals surface area contributed by atoms with Gasteiger partial charge in [-0.3, -0.25) is 4.90 Å². The molecule has 8 heteroatoms. The van der Waals surface area contributed by atoms with Gasteiger partial charge in [0.25, 0.3) is 0 Å². The maximum Gasteiger partial charge on any atom is 0.407 e. The first-order valence-electron chi connectivity index (χ1n) is 6.76. The van der Waals surface area contributed by atoms with E-state index in [4.69, 9.17) is 14.7 Å². The van der Waals surface area contributed by atoms with Crippen LogP contribution in [0.15, 0.2) is 25.3 Å². The van der Waals surface area contributed by atoms with Crippen LogP contribution in [0.5, 0.6) is 0 Å². The summed E-state index contributed by atoms with van der Waals surface area (Å²) in [5.74, 6) is 0. The molecule has 0 bridgehead atoms. The number of carbonyl (C=O) groups excluding carboxylic acids is 2. The summed E-state index contributed by atoms with van der Waals surface area (Å²) < 4.78 is 9.84. The molecular formula is C14H22N4O4. The van der Waals surface area contributed by atoms with E-state index in [1.165, 1.54) is 12.2 Å². The molecule has 0 aliphatic heterocycles. The summed E-state index contributed by atoms with van der Waals surface area (Å²) in [4.78, 5) is 24.1. The van der Waals surface area contributed by atoms with Crippen molar-refractivity contribution < 1.29 is 19.1 Å². The maximum atomic E-state index is 11.2. The Morgan fingerprint density at radius 1 is 1.05 bits per heavy atom. The molecule has 2 N–H and O–H groups in total. The van der Waals surface area contributed by atoms with Gasteiger partial charge in [-0.15, -0.1) is 13.2 Å². The van der Waals surface area contributed by atoms with Crippen LogP contribution in [0, 0.1) is 11.3 Å². The Morgan fingerprint density at radius 2 is 1.50 bits per heavy atom. The van der Waals surface area contributed by atoms with Crippen LogP contribution in [0.1, 0.15) is 0 Å². The number of rotatable bonds is 11. The number of hydrogen-bond donors (Lipinski definition) is 2. The number of carbonyl (C=O) groups is 2. The fourth-order valence-electron chi connectivity index (χ4n) is 1.32. The highest BCUT2D eigenvalue weighted by Crippen LogP contribution is 1.90. The zero-order valence-corrected chi connectivity index (χ0v) is 12.5. The lowest BCUT2D eigenvalue weighted by Gasteiger charge is -2.18. The fourth-order valence-corrected chi connectivity index (χ4v) is 1.32. The topological polar surface area (TPSA) is 104 Å². The highest BCUT2D eigenvalue weighted by Gasteiger charge is 2.08. The van der Waals surface area contributed by atoms with Crippen LogP contribution in [0.3, 0.4) is 0 Å².